The first kappa shape index (κ1) is 87.2. The molecule has 0 aromatic heterocycles. The van der Waals surface area contributed by atoms with E-state index >= 15 is 0 Å². The van der Waals surface area contributed by atoms with E-state index < -0.39 is 83.5 Å². The maximum absolute atomic E-state index is 12.6. The van der Waals surface area contributed by atoms with Gasteiger partial charge in [0.15, 0.2) is 17.3 Å². The predicted molar refractivity (Wildman–Crippen MR) is 321 cm³/mol. The zero-order valence-corrected chi connectivity index (χ0v) is 67.9. The maximum Gasteiger partial charge on any atom is 1.00 e. The van der Waals surface area contributed by atoms with Crippen LogP contribution in [0, 0.1) is 0 Å². The van der Waals surface area contributed by atoms with Gasteiger partial charge < -0.3 is 71.1 Å². The molecule has 0 bridgehead atoms. The van der Waals surface area contributed by atoms with E-state index in [2.05, 4.69) is 30.9 Å². The summed E-state index contributed by atoms with van der Waals surface area (Å²) in [6, 6.07) is 27.3. The van der Waals surface area contributed by atoms with Crippen molar-refractivity contribution < 1.29 is 237 Å². The van der Waals surface area contributed by atoms with Crippen molar-refractivity contribution in [3.05, 3.63) is 129 Å². The van der Waals surface area contributed by atoms with Gasteiger partial charge in [-0.2, -0.15) is 0 Å². The van der Waals surface area contributed by atoms with Crippen molar-refractivity contribution in [3.8, 4) is 11.5 Å². The Kier molecular flexibility index (Phi) is 43.0. The second-order valence-corrected chi connectivity index (χ2v) is 23.2. The summed E-state index contributed by atoms with van der Waals surface area (Å²) in [6.45, 7) is 22.3. The number of alkyl halides is 2. The van der Waals surface area contributed by atoms with Gasteiger partial charge in [-0.1, -0.05) is 59.1 Å². The number of carbonyl (C=O) groups is 9. The van der Waals surface area contributed by atoms with Crippen molar-refractivity contribution >= 4 is 89.2 Å². The van der Waals surface area contributed by atoms with Gasteiger partial charge in [-0.05, 0) is 194 Å². The summed E-state index contributed by atoms with van der Waals surface area (Å²) < 4.78 is 51.6. The number of carboxylic acids is 1. The number of ether oxygens (including phenoxy) is 7. The number of alkyl carbamates (subject to hydrolysis) is 2. The van der Waals surface area contributed by atoms with E-state index in [0.717, 1.165) is 11.1 Å². The van der Waals surface area contributed by atoms with E-state index in [0.29, 0.717) is 58.6 Å². The Balaban J connectivity index is -0.000000633. The summed E-state index contributed by atoms with van der Waals surface area (Å²) >= 11 is 16.9. The van der Waals surface area contributed by atoms with Crippen molar-refractivity contribution in [2.24, 2.45) is 0 Å². The van der Waals surface area contributed by atoms with Crippen LogP contribution in [0.5, 0.6) is 11.5 Å². The van der Waals surface area contributed by atoms with Crippen LogP contribution >= 0.6 is 34.8 Å². The monoisotopic (exact) mass is 1550 g/mol. The summed E-state index contributed by atoms with van der Waals surface area (Å²) in [5, 5.41) is 29.2. The number of hydrogen-bond donors (Lipinski definition) is 5. The minimum Gasteiger partial charge on any atom is -1.00 e. The summed E-state index contributed by atoms with van der Waals surface area (Å²) in [5.41, 5.74) is -3.55. The van der Waals surface area contributed by atoms with Crippen LogP contribution < -0.4 is 174 Å². The first-order valence-corrected chi connectivity index (χ1v) is 27.5. The number of benzene rings is 4. The zero-order chi connectivity index (χ0) is 67.7. The number of rotatable bonds is 22. The smallest absolute Gasteiger partial charge is 1.00 e. The zero-order valence-electron chi connectivity index (χ0n) is 55.1. The van der Waals surface area contributed by atoms with Gasteiger partial charge in [0.25, 0.3) is 18.3 Å². The van der Waals surface area contributed by atoms with Gasteiger partial charge in [-0.3, -0.25) is 18.8 Å². The van der Waals surface area contributed by atoms with Crippen LogP contribution in [0.15, 0.2) is 97.1 Å². The van der Waals surface area contributed by atoms with Crippen LogP contribution in [0.2, 0.25) is 10.0 Å². The van der Waals surface area contributed by atoms with Crippen molar-refractivity contribution in [1.29, 1.82) is 0 Å². The van der Waals surface area contributed by atoms with Crippen molar-refractivity contribution in [2.75, 3.05) is 33.1 Å². The number of hydrogen-bond acceptors (Lipinski definition) is 18. The Bertz CT molecular complexity index is 2870. The molecular weight excluding hydrogens is 1470 g/mol. The first-order valence-electron chi connectivity index (χ1n) is 26.9. The van der Waals surface area contributed by atoms with Crippen LogP contribution in [0.1, 0.15) is 132 Å². The van der Waals surface area contributed by atoms with Crippen LogP contribution in [0.3, 0.4) is 0 Å². The van der Waals surface area contributed by atoms with Crippen LogP contribution in [0.4, 0.5) is 14.0 Å². The fraction of sp³-hybridized carbons (Fsp3) is 0.450. The first-order chi connectivity index (χ1) is 40.7. The van der Waals surface area contributed by atoms with E-state index in [1.807, 2.05) is 24.3 Å². The molecule has 4 amide bonds. The minimum atomic E-state index is -1.42. The number of carbonyl (C=O) groups excluding carboxylic acids is 8. The molecule has 4 aromatic rings. The van der Waals surface area contributed by atoms with Gasteiger partial charge in [-0.25, -0.2) is 28.8 Å². The molecule has 4 rings (SSSR count). The van der Waals surface area contributed by atoms with Crippen molar-refractivity contribution in [3.63, 3.8) is 0 Å². The molecule has 0 heterocycles. The molecule has 89 heavy (non-hydrogen) atoms. The van der Waals surface area contributed by atoms with Crippen LogP contribution in [0.25, 0.3) is 0 Å². The molecule has 5 N–H and O–H groups in total. The molecule has 29 heteroatoms. The largest absolute Gasteiger partial charge is 1.00 e. The second kappa shape index (κ2) is 43.9. The Morgan fingerprint density at radius 2 is 0.876 bits per heavy atom. The average Bonchev–Trinajstić information content (AvgIpc) is 2.26. The van der Waals surface area contributed by atoms with Crippen molar-refractivity contribution in [2.45, 2.75) is 143 Å². The third kappa shape index (κ3) is 39.4. The molecule has 0 radical (unpaired) electrons. The number of carboxylic acid groups (broad SMARTS) is 1. The molecule has 0 aliphatic heterocycles. The van der Waals surface area contributed by atoms with E-state index in [9.17, 15) is 42.7 Å². The van der Waals surface area contributed by atoms with Gasteiger partial charge in [0.2, 0.25) is 6.79 Å². The summed E-state index contributed by atoms with van der Waals surface area (Å²) in [4.78, 5) is 106. The van der Waals surface area contributed by atoms with Gasteiger partial charge in [0.05, 0.1) is 8.52 Å². The van der Waals surface area contributed by atoms with E-state index in [1.54, 1.807) is 114 Å². The second-order valence-electron chi connectivity index (χ2n) is 22.1. The Morgan fingerprint density at radius 3 is 1.18 bits per heavy atom. The number of halogens is 4. The number of esters is 3. The topological polar surface area (TPSA) is 319 Å². The quantitative estimate of drug-likeness (QED) is 0.0143. The molecule has 0 fully saturated rings. The summed E-state index contributed by atoms with van der Waals surface area (Å²) in [7, 11) is -1.00. The fourth-order valence-corrected chi connectivity index (χ4v) is 6.46. The number of amides is 4. The standard InChI is InChI=1S/C29H37ClN2O8.C19H20ClNO4.C10H18ClNO4.CH3F.CH2O3.2Cs.H/c1-27(2,3)40-26(36)32-28(4,5)24(34)37-18-38-25(35)29(6,7)39-22-14-8-19(9-15-22)16-17-31-23(33)20-10-12-21(30)13-11-20;1-19(2,18(23)24)25-16-9-3-13(4-10-16)11-12-21-17(22)14-5-7-15(20)8-6-14;1-9(2,3)16-8(14)12-10(4,5)7(13)15-6-11;1-2;2-1-4-3;;;/h8-15H,16-18H2,1-7H3,(H,31,33)(H,32,36);3-10H,11-12H2,1-2H3,(H,21,22)(H,23,24);6H2,1-5H3,(H,12,14);1H3;1,3H;;;/q;;;;;2*+1;-1/p-1/i;;;1D;;;;. The third-order valence-corrected chi connectivity index (χ3v) is 11.1. The summed E-state index contributed by atoms with van der Waals surface area (Å²) in [6.07, 6.45) is -0.212. The van der Waals surface area contributed by atoms with E-state index in [4.69, 9.17) is 79.8 Å². The molecule has 0 unspecified atom stereocenters. The van der Waals surface area contributed by atoms with E-state index in [1.165, 1.54) is 55.4 Å². The maximum atomic E-state index is 12.6. The normalized spacial score (nSPS) is 10.9. The third-order valence-electron chi connectivity index (χ3n) is 10.5. The molecular formula is C60H80Cl3Cs2FN4O19. The molecule has 0 spiro atoms. The van der Waals surface area contributed by atoms with Gasteiger partial charge in [0, 0.05) is 34.3 Å². The van der Waals surface area contributed by atoms with Gasteiger partial charge >= 0.3 is 174 Å². The van der Waals surface area contributed by atoms with Gasteiger partial charge in [-0.15, -0.1) is 0 Å². The van der Waals surface area contributed by atoms with Crippen LogP contribution in [-0.2, 0) is 65.4 Å². The molecule has 0 atom stereocenters. The molecule has 0 aliphatic rings. The molecule has 23 nitrogen and oxygen atoms in total. The Hall–Kier alpha value is -3.83. The Morgan fingerprint density at radius 1 is 0.562 bits per heavy atom. The van der Waals surface area contributed by atoms with Crippen LogP contribution in [-0.4, -0.2) is 126 Å². The molecule has 484 valence electrons. The summed E-state index contributed by atoms with van der Waals surface area (Å²) in [5.74, 6) is -2.64. The SMILES string of the molecule is CC(C)(C)OC(=O)NC(C)(C)C(=O)OCCl.CC(C)(C)OC(=O)NC(C)(C)C(=O)OCOC(=O)C(C)(C)Oc1ccc(CCNC(=O)c2ccc(Cl)cc2)cc1.CC(C)(Oc1ccc(CCNC(=O)c2ccc(Cl)cc2)cc1)C(=O)O.O=CO[O-].[2H]CF.[Cs+].[Cs+].[H-]. The molecule has 0 saturated heterocycles. The number of nitrogens with one attached hydrogen (secondary N) is 4. The minimum absolute atomic E-state index is 0. The van der Waals surface area contributed by atoms with E-state index in [-0.39, 0.29) is 164 Å². The molecule has 0 aliphatic carbocycles. The predicted octanol–water partition coefficient (Wildman–Crippen LogP) is 3.54. The fourth-order valence-electron chi connectivity index (χ4n) is 6.11. The average molecular weight is 1550 g/mol. The van der Waals surface area contributed by atoms with Gasteiger partial charge in [0.1, 0.15) is 33.8 Å². The molecule has 4 aromatic carbocycles. The van der Waals surface area contributed by atoms with Crippen molar-refractivity contribution in [1.82, 2.24) is 21.3 Å². The molecule has 0 saturated carbocycles. The Labute approximate surface area is 654 Å². The number of aliphatic carboxylic acids is 1.